The van der Waals surface area contributed by atoms with Crippen molar-refractivity contribution >= 4 is 17.6 Å². The quantitative estimate of drug-likeness (QED) is 0.919. The molecule has 0 amide bonds. The molecule has 1 atom stereocenters. The molecule has 110 valence electrons. The minimum Gasteiger partial charge on any atom is -0.478 e. The van der Waals surface area contributed by atoms with Crippen LogP contribution < -0.4 is 0 Å². The SMILES string of the molecule is CC(c1ccc(Cl)cc1)N(C)Cc1ncncc1C(=O)O. The van der Waals surface area contributed by atoms with Crippen LogP contribution >= 0.6 is 11.6 Å². The molecule has 0 radical (unpaired) electrons. The van der Waals surface area contributed by atoms with Gasteiger partial charge >= 0.3 is 5.97 Å². The van der Waals surface area contributed by atoms with Gasteiger partial charge in [-0.25, -0.2) is 14.8 Å². The van der Waals surface area contributed by atoms with E-state index in [0.29, 0.717) is 17.3 Å². The van der Waals surface area contributed by atoms with Crippen molar-refractivity contribution < 1.29 is 9.90 Å². The van der Waals surface area contributed by atoms with Gasteiger partial charge in [-0.1, -0.05) is 23.7 Å². The predicted molar refractivity (Wildman–Crippen MR) is 80.3 cm³/mol. The van der Waals surface area contributed by atoms with Crippen LogP contribution in [0.25, 0.3) is 0 Å². The summed E-state index contributed by atoms with van der Waals surface area (Å²) in [5, 5.41) is 9.84. The van der Waals surface area contributed by atoms with Crippen LogP contribution in [0.4, 0.5) is 0 Å². The topological polar surface area (TPSA) is 66.3 Å². The van der Waals surface area contributed by atoms with Crippen molar-refractivity contribution in [2.24, 2.45) is 0 Å². The summed E-state index contributed by atoms with van der Waals surface area (Å²) in [7, 11) is 1.92. The first-order valence-corrected chi connectivity index (χ1v) is 6.84. The van der Waals surface area contributed by atoms with Gasteiger partial charge in [0.2, 0.25) is 0 Å². The first-order chi connectivity index (χ1) is 9.99. The summed E-state index contributed by atoms with van der Waals surface area (Å²) in [4.78, 5) is 21.0. The normalized spacial score (nSPS) is 12.4. The lowest BCUT2D eigenvalue weighted by Crippen LogP contribution is -2.24. The molecule has 5 nitrogen and oxygen atoms in total. The molecule has 6 heteroatoms. The molecule has 0 saturated heterocycles. The van der Waals surface area contributed by atoms with E-state index in [1.165, 1.54) is 12.5 Å². The Morgan fingerprint density at radius 2 is 2.05 bits per heavy atom. The molecule has 1 heterocycles. The van der Waals surface area contributed by atoms with Gasteiger partial charge in [0.15, 0.2) is 0 Å². The van der Waals surface area contributed by atoms with Gasteiger partial charge in [0.1, 0.15) is 11.9 Å². The van der Waals surface area contributed by atoms with Crippen molar-refractivity contribution in [3.05, 3.63) is 58.6 Å². The highest BCUT2D eigenvalue weighted by atomic mass is 35.5. The molecule has 0 bridgehead atoms. The zero-order valence-corrected chi connectivity index (χ0v) is 12.6. The van der Waals surface area contributed by atoms with Gasteiger partial charge in [0.05, 0.1) is 5.69 Å². The molecule has 0 aliphatic rings. The fourth-order valence-corrected chi connectivity index (χ4v) is 2.15. The number of carboxylic acids is 1. The van der Waals surface area contributed by atoms with Gasteiger partial charge < -0.3 is 5.11 Å². The maximum absolute atomic E-state index is 11.2. The highest BCUT2D eigenvalue weighted by molar-refractivity contribution is 6.30. The van der Waals surface area contributed by atoms with E-state index < -0.39 is 5.97 Å². The summed E-state index contributed by atoms with van der Waals surface area (Å²) < 4.78 is 0. The van der Waals surface area contributed by atoms with Gasteiger partial charge in [0, 0.05) is 23.8 Å². The Morgan fingerprint density at radius 3 is 2.67 bits per heavy atom. The first kappa shape index (κ1) is 15.4. The average Bonchev–Trinajstić information content (AvgIpc) is 2.47. The molecule has 0 aliphatic heterocycles. The van der Waals surface area contributed by atoms with Crippen LogP contribution in [0.1, 0.15) is 34.6 Å². The Bertz CT molecular complexity index is 631. The highest BCUT2D eigenvalue weighted by Gasteiger charge is 2.17. The maximum atomic E-state index is 11.2. The molecule has 2 aromatic rings. The molecule has 2 rings (SSSR count). The first-order valence-electron chi connectivity index (χ1n) is 6.47. The number of carboxylic acid groups (broad SMARTS) is 1. The minimum absolute atomic E-state index is 0.110. The third kappa shape index (κ3) is 3.77. The fraction of sp³-hybridized carbons (Fsp3) is 0.267. The van der Waals surface area contributed by atoms with E-state index in [9.17, 15) is 4.79 Å². The second kappa shape index (κ2) is 6.65. The fourth-order valence-electron chi connectivity index (χ4n) is 2.03. The molecular formula is C15H16ClN3O2. The molecule has 1 unspecified atom stereocenters. The van der Waals surface area contributed by atoms with E-state index in [2.05, 4.69) is 9.97 Å². The molecule has 0 fully saturated rings. The molecular weight excluding hydrogens is 290 g/mol. The van der Waals surface area contributed by atoms with E-state index in [1.807, 2.05) is 43.1 Å². The van der Waals surface area contributed by atoms with Crippen LogP contribution in [0.3, 0.4) is 0 Å². The zero-order valence-electron chi connectivity index (χ0n) is 11.8. The van der Waals surface area contributed by atoms with E-state index in [1.54, 1.807) is 0 Å². The smallest absolute Gasteiger partial charge is 0.339 e. The number of aromatic carboxylic acids is 1. The molecule has 0 aliphatic carbocycles. The second-order valence-corrected chi connectivity index (χ2v) is 5.27. The molecule has 1 aromatic heterocycles. The number of carbonyl (C=O) groups is 1. The summed E-state index contributed by atoms with van der Waals surface area (Å²) in [6.07, 6.45) is 2.69. The second-order valence-electron chi connectivity index (χ2n) is 4.83. The van der Waals surface area contributed by atoms with Crippen LogP contribution in [-0.2, 0) is 6.54 Å². The number of hydrogen-bond donors (Lipinski definition) is 1. The van der Waals surface area contributed by atoms with Crippen molar-refractivity contribution in [3.63, 3.8) is 0 Å². The summed E-state index contributed by atoms with van der Waals surface area (Å²) in [6.45, 7) is 2.47. The van der Waals surface area contributed by atoms with Gasteiger partial charge in [-0.2, -0.15) is 0 Å². The summed E-state index contributed by atoms with van der Waals surface area (Å²) in [5.74, 6) is -1.02. The number of aromatic nitrogens is 2. The van der Waals surface area contributed by atoms with Gasteiger partial charge in [-0.05, 0) is 31.7 Å². The Labute approximate surface area is 128 Å². The van der Waals surface area contributed by atoms with Crippen molar-refractivity contribution in [2.75, 3.05) is 7.05 Å². The van der Waals surface area contributed by atoms with Crippen molar-refractivity contribution in [3.8, 4) is 0 Å². The number of benzene rings is 1. The monoisotopic (exact) mass is 305 g/mol. The molecule has 21 heavy (non-hydrogen) atoms. The lowest BCUT2D eigenvalue weighted by Gasteiger charge is -2.25. The van der Waals surface area contributed by atoms with Crippen LogP contribution in [0.2, 0.25) is 5.02 Å². The van der Waals surface area contributed by atoms with Gasteiger partial charge in [-0.15, -0.1) is 0 Å². The van der Waals surface area contributed by atoms with Crippen LogP contribution in [0.5, 0.6) is 0 Å². The Balaban J connectivity index is 2.16. The third-order valence-corrected chi connectivity index (χ3v) is 3.69. The summed E-state index contributed by atoms with van der Waals surface area (Å²) in [6, 6.07) is 7.71. The summed E-state index contributed by atoms with van der Waals surface area (Å²) in [5.41, 5.74) is 1.74. The third-order valence-electron chi connectivity index (χ3n) is 3.44. The van der Waals surface area contributed by atoms with E-state index in [0.717, 1.165) is 5.56 Å². The van der Waals surface area contributed by atoms with E-state index in [4.69, 9.17) is 16.7 Å². The number of rotatable bonds is 5. The largest absolute Gasteiger partial charge is 0.478 e. The molecule has 0 spiro atoms. The van der Waals surface area contributed by atoms with E-state index in [-0.39, 0.29) is 11.6 Å². The summed E-state index contributed by atoms with van der Waals surface area (Å²) >= 11 is 5.89. The Morgan fingerprint density at radius 1 is 1.38 bits per heavy atom. The van der Waals surface area contributed by atoms with Crippen LogP contribution in [0.15, 0.2) is 36.8 Å². The van der Waals surface area contributed by atoms with Gasteiger partial charge in [-0.3, -0.25) is 4.90 Å². The van der Waals surface area contributed by atoms with Gasteiger partial charge in [0.25, 0.3) is 0 Å². The number of halogens is 1. The predicted octanol–water partition coefficient (Wildman–Crippen LogP) is 3.02. The van der Waals surface area contributed by atoms with Crippen LogP contribution in [0, 0.1) is 0 Å². The lowest BCUT2D eigenvalue weighted by atomic mass is 10.1. The minimum atomic E-state index is -1.02. The molecule has 0 saturated carbocycles. The number of hydrogen-bond acceptors (Lipinski definition) is 4. The Hall–Kier alpha value is -1.98. The standard InChI is InChI=1S/C15H16ClN3O2/c1-10(11-3-5-12(16)6-4-11)19(2)8-14-13(15(20)21)7-17-9-18-14/h3-7,9-10H,8H2,1-2H3,(H,20,21). The Kier molecular flexibility index (Phi) is 4.88. The van der Waals surface area contributed by atoms with Crippen molar-refractivity contribution in [2.45, 2.75) is 19.5 Å². The molecule has 1 N–H and O–H groups in total. The average molecular weight is 306 g/mol. The van der Waals surface area contributed by atoms with E-state index >= 15 is 0 Å². The van der Waals surface area contributed by atoms with Crippen molar-refractivity contribution in [1.82, 2.24) is 14.9 Å². The van der Waals surface area contributed by atoms with Crippen molar-refractivity contribution in [1.29, 1.82) is 0 Å². The zero-order chi connectivity index (χ0) is 15.4. The molecule has 1 aromatic carbocycles. The number of nitrogens with zero attached hydrogens (tertiary/aromatic N) is 3. The van der Waals surface area contributed by atoms with Crippen LogP contribution in [-0.4, -0.2) is 33.0 Å². The maximum Gasteiger partial charge on any atom is 0.339 e. The highest BCUT2D eigenvalue weighted by Crippen LogP contribution is 2.22. The lowest BCUT2D eigenvalue weighted by molar-refractivity contribution is 0.0693.